The third-order valence-electron chi connectivity index (χ3n) is 4.13. The minimum Gasteiger partial charge on any atom is -0.296 e. The largest absolute Gasteiger partial charge is 0.296 e. The Balaban J connectivity index is 2.21. The van der Waals surface area contributed by atoms with Crippen LogP contribution >= 0.6 is 11.8 Å². The predicted molar refractivity (Wildman–Crippen MR) is 77.7 cm³/mol. The Bertz CT molecular complexity index is 337. The van der Waals surface area contributed by atoms with Crippen molar-refractivity contribution < 1.29 is 4.79 Å². The SMILES string of the molecule is CC(C)N1CC(=O)SC12CCCN(C(C)(C)C)C2. The fourth-order valence-corrected chi connectivity index (χ4v) is 4.62. The fourth-order valence-electron chi connectivity index (χ4n) is 3.13. The van der Waals surface area contributed by atoms with E-state index in [1.165, 1.54) is 6.42 Å². The summed E-state index contributed by atoms with van der Waals surface area (Å²) in [5.41, 5.74) is 0.197. The number of thioether (sulfide) groups is 1. The zero-order valence-corrected chi connectivity index (χ0v) is 13.1. The standard InChI is InChI=1S/C14H26N2OS/c1-11(2)16-9-12(17)18-14(16)7-6-8-15(10-14)13(3,4)5/h11H,6-10H2,1-5H3. The minimum absolute atomic E-state index is 0.0385. The van der Waals surface area contributed by atoms with E-state index in [0.29, 0.717) is 17.7 Å². The summed E-state index contributed by atoms with van der Waals surface area (Å²) in [7, 11) is 0. The van der Waals surface area contributed by atoms with Gasteiger partial charge in [-0.25, -0.2) is 0 Å². The molecule has 0 aromatic heterocycles. The third-order valence-corrected chi connectivity index (χ3v) is 5.44. The third kappa shape index (κ3) is 2.61. The quantitative estimate of drug-likeness (QED) is 0.730. The van der Waals surface area contributed by atoms with Crippen molar-refractivity contribution in [3.05, 3.63) is 0 Å². The van der Waals surface area contributed by atoms with Crippen LogP contribution in [0.25, 0.3) is 0 Å². The lowest BCUT2D eigenvalue weighted by Crippen LogP contribution is -2.59. The van der Waals surface area contributed by atoms with Gasteiger partial charge in [0.15, 0.2) is 0 Å². The molecule has 2 aliphatic rings. The first kappa shape index (κ1) is 14.4. The lowest BCUT2D eigenvalue weighted by Gasteiger charge is -2.50. The van der Waals surface area contributed by atoms with Crippen molar-refractivity contribution in [2.24, 2.45) is 0 Å². The first-order valence-corrected chi connectivity index (χ1v) is 7.80. The highest BCUT2D eigenvalue weighted by Gasteiger charge is 2.50. The Labute approximate surface area is 115 Å². The smallest absolute Gasteiger partial charge is 0.204 e. The van der Waals surface area contributed by atoms with Crippen molar-refractivity contribution in [3.63, 3.8) is 0 Å². The summed E-state index contributed by atoms with van der Waals surface area (Å²) in [6.07, 6.45) is 2.34. The second kappa shape index (κ2) is 4.80. The molecule has 2 fully saturated rings. The average molecular weight is 270 g/mol. The summed E-state index contributed by atoms with van der Waals surface area (Å²) >= 11 is 1.59. The highest BCUT2D eigenvalue weighted by Crippen LogP contribution is 2.45. The van der Waals surface area contributed by atoms with E-state index >= 15 is 0 Å². The van der Waals surface area contributed by atoms with Crippen LogP contribution in [0.4, 0.5) is 0 Å². The van der Waals surface area contributed by atoms with Crippen LogP contribution in [0.15, 0.2) is 0 Å². The molecule has 0 bridgehead atoms. The number of nitrogens with zero attached hydrogens (tertiary/aromatic N) is 2. The molecule has 0 saturated carbocycles. The van der Waals surface area contributed by atoms with Crippen molar-refractivity contribution in [1.29, 1.82) is 0 Å². The first-order chi connectivity index (χ1) is 8.24. The van der Waals surface area contributed by atoms with Crippen LogP contribution in [0.2, 0.25) is 0 Å². The molecule has 2 rings (SSSR count). The molecule has 2 aliphatic heterocycles. The number of carbonyl (C=O) groups is 1. The minimum atomic E-state index is 0.0385. The summed E-state index contributed by atoms with van der Waals surface area (Å²) in [6, 6.07) is 0.448. The highest BCUT2D eigenvalue weighted by molar-refractivity contribution is 8.15. The van der Waals surface area contributed by atoms with Crippen molar-refractivity contribution >= 4 is 16.9 Å². The van der Waals surface area contributed by atoms with E-state index in [4.69, 9.17) is 0 Å². The first-order valence-electron chi connectivity index (χ1n) is 6.98. The Morgan fingerprint density at radius 3 is 2.56 bits per heavy atom. The summed E-state index contributed by atoms with van der Waals surface area (Å²) in [4.78, 5) is 16.9. The van der Waals surface area contributed by atoms with E-state index in [1.807, 2.05) is 0 Å². The molecule has 0 aromatic rings. The van der Waals surface area contributed by atoms with Gasteiger partial charge in [-0.1, -0.05) is 11.8 Å². The van der Waals surface area contributed by atoms with Gasteiger partial charge in [-0.3, -0.25) is 14.6 Å². The topological polar surface area (TPSA) is 23.6 Å². The van der Waals surface area contributed by atoms with Crippen LogP contribution in [0, 0.1) is 0 Å². The lowest BCUT2D eigenvalue weighted by atomic mass is 9.96. The number of hydrogen-bond acceptors (Lipinski definition) is 4. The zero-order valence-electron chi connectivity index (χ0n) is 12.3. The summed E-state index contributed by atoms with van der Waals surface area (Å²) in [5.74, 6) is 0. The molecule has 0 amide bonds. The van der Waals surface area contributed by atoms with Crippen LogP contribution in [-0.4, -0.2) is 51.0 Å². The Morgan fingerprint density at radius 2 is 2.00 bits per heavy atom. The van der Waals surface area contributed by atoms with Gasteiger partial charge in [0.1, 0.15) is 0 Å². The molecule has 1 atom stereocenters. The molecule has 2 saturated heterocycles. The van der Waals surface area contributed by atoms with Gasteiger partial charge in [-0.05, 0) is 54.0 Å². The van der Waals surface area contributed by atoms with E-state index in [-0.39, 0.29) is 10.4 Å². The molecule has 1 spiro atoms. The number of likely N-dealkylation sites (tertiary alicyclic amines) is 1. The molecule has 0 N–H and O–H groups in total. The van der Waals surface area contributed by atoms with Gasteiger partial charge in [0.05, 0.1) is 11.4 Å². The van der Waals surface area contributed by atoms with Crippen molar-refractivity contribution in [2.75, 3.05) is 19.6 Å². The predicted octanol–water partition coefficient (Wildman–Crippen LogP) is 2.56. The van der Waals surface area contributed by atoms with Gasteiger partial charge < -0.3 is 0 Å². The maximum absolute atomic E-state index is 11.9. The molecule has 0 aliphatic carbocycles. The van der Waals surface area contributed by atoms with E-state index in [9.17, 15) is 4.79 Å². The molecule has 4 heteroatoms. The van der Waals surface area contributed by atoms with Gasteiger partial charge in [0.2, 0.25) is 5.12 Å². The van der Waals surface area contributed by atoms with Crippen LogP contribution < -0.4 is 0 Å². The average Bonchev–Trinajstić information content (AvgIpc) is 2.54. The fraction of sp³-hybridized carbons (Fsp3) is 0.929. The molecular formula is C14H26N2OS. The molecular weight excluding hydrogens is 244 g/mol. The van der Waals surface area contributed by atoms with E-state index in [1.54, 1.807) is 11.8 Å². The number of rotatable bonds is 1. The molecule has 3 nitrogen and oxygen atoms in total. The van der Waals surface area contributed by atoms with Gasteiger partial charge in [-0.15, -0.1) is 0 Å². The highest BCUT2D eigenvalue weighted by atomic mass is 32.2. The summed E-state index contributed by atoms with van der Waals surface area (Å²) in [6.45, 7) is 14.0. The second-order valence-corrected chi connectivity index (χ2v) is 8.26. The van der Waals surface area contributed by atoms with Gasteiger partial charge >= 0.3 is 0 Å². The van der Waals surface area contributed by atoms with Crippen LogP contribution in [0.3, 0.4) is 0 Å². The van der Waals surface area contributed by atoms with E-state index in [0.717, 1.165) is 19.5 Å². The lowest BCUT2D eigenvalue weighted by molar-refractivity contribution is -0.111. The Morgan fingerprint density at radius 1 is 1.33 bits per heavy atom. The van der Waals surface area contributed by atoms with Crippen LogP contribution in [0.1, 0.15) is 47.5 Å². The summed E-state index contributed by atoms with van der Waals surface area (Å²) in [5, 5.41) is 0.347. The molecule has 2 heterocycles. The monoisotopic (exact) mass is 270 g/mol. The summed E-state index contributed by atoms with van der Waals surface area (Å²) < 4.78 is 0. The van der Waals surface area contributed by atoms with Crippen molar-refractivity contribution in [1.82, 2.24) is 9.80 Å². The second-order valence-electron chi connectivity index (χ2n) is 6.84. The number of piperidine rings is 1. The van der Waals surface area contributed by atoms with E-state index < -0.39 is 0 Å². The maximum Gasteiger partial charge on any atom is 0.204 e. The Hall–Kier alpha value is -0.0600. The van der Waals surface area contributed by atoms with Crippen LogP contribution in [-0.2, 0) is 4.79 Å². The van der Waals surface area contributed by atoms with Crippen molar-refractivity contribution in [3.8, 4) is 0 Å². The van der Waals surface area contributed by atoms with Gasteiger partial charge in [0.25, 0.3) is 0 Å². The number of carbonyl (C=O) groups excluding carboxylic acids is 1. The van der Waals surface area contributed by atoms with E-state index in [2.05, 4.69) is 44.4 Å². The normalized spacial score (nSPS) is 31.8. The molecule has 0 radical (unpaired) electrons. The zero-order chi connectivity index (χ0) is 13.6. The van der Waals surface area contributed by atoms with Gasteiger partial charge in [0, 0.05) is 18.1 Å². The molecule has 1 unspecified atom stereocenters. The Kier molecular flexibility index (Phi) is 3.83. The number of hydrogen-bond donors (Lipinski definition) is 0. The maximum atomic E-state index is 11.9. The van der Waals surface area contributed by atoms with Crippen molar-refractivity contribution in [2.45, 2.75) is 63.9 Å². The van der Waals surface area contributed by atoms with Crippen LogP contribution in [0.5, 0.6) is 0 Å². The molecule has 18 heavy (non-hydrogen) atoms. The van der Waals surface area contributed by atoms with Gasteiger partial charge in [-0.2, -0.15) is 0 Å². The molecule has 0 aromatic carbocycles. The molecule has 104 valence electrons.